The van der Waals surface area contributed by atoms with Crippen LogP contribution in [-0.2, 0) is 5.54 Å². The standard InChI is InChI=1S/C30H33BrN6O3/c1-35-13-11-29(12-14-35)17-37(18-29)19-7-8-22(24(15-19)39-3)33-28-32-16-21(31)26(34-28)40-23-6-4-5-20-25(23)27(38)36(2)30(20)9-10-30/h4-8,15-16H,9-14,17-18H2,1-3H3,(H,32,33,34). The summed E-state index contributed by atoms with van der Waals surface area (Å²) in [5, 5.41) is 3.28. The molecule has 0 atom stereocenters. The molecule has 1 aliphatic carbocycles. The van der Waals surface area contributed by atoms with E-state index in [0.717, 1.165) is 48.6 Å². The van der Waals surface area contributed by atoms with Gasteiger partial charge in [0, 0.05) is 37.3 Å². The van der Waals surface area contributed by atoms with Crippen LogP contribution < -0.4 is 19.7 Å². The molecule has 1 N–H and O–H groups in total. The minimum absolute atomic E-state index is 0.0135. The van der Waals surface area contributed by atoms with E-state index < -0.39 is 0 Å². The average molecular weight is 606 g/mol. The maximum absolute atomic E-state index is 13.1. The number of halogens is 1. The van der Waals surface area contributed by atoms with Crippen LogP contribution >= 0.6 is 15.9 Å². The predicted octanol–water partition coefficient (Wildman–Crippen LogP) is 5.39. The van der Waals surface area contributed by atoms with E-state index in [0.29, 0.717) is 33.0 Å². The Labute approximate surface area is 242 Å². The molecule has 7 rings (SSSR count). The normalized spacial score (nSPS) is 20.4. The number of hydrogen-bond acceptors (Lipinski definition) is 8. The summed E-state index contributed by atoms with van der Waals surface area (Å²) in [6.07, 6.45) is 6.13. The molecule has 4 heterocycles. The predicted molar refractivity (Wildman–Crippen MR) is 157 cm³/mol. The number of nitrogens with one attached hydrogen (secondary N) is 1. The second-order valence-corrected chi connectivity index (χ2v) is 12.5. The molecule has 0 bridgehead atoms. The van der Waals surface area contributed by atoms with Gasteiger partial charge in [0.2, 0.25) is 11.8 Å². The summed E-state index contributed by atoms with van der Waals surface area (Å²) >= 11 is 3.51. The summed E-state index contributed by atoms with van der Waals surface area (Å²) in [7, 11) is 5.75. The van der Waals surface area contributed by atoms with Gasteiger partial charge in [-0.05, 0) is 85.5 Å². The van der Waals surface area contributed by atoms with Crippen molar-refractivity contribution >= 4 is 39.2 Å². The quantitative estimate of drug-likeness (QED) is 0.401. The Kier molecular flexibility index (Phi) is 5.98. The Hall–Kier alpha value is -3.37. The van der Waals surface area contributed by atoms with Gasteiger partial charge in [0.15, 0.2) is 0 Å². The fourth-order valence-electron chi connectivity index (χ4n) is 6.53. The van der Waals surface area contributed by atoms with Crippen molar-refractivity contribution in [3.63, 3.8) is 0 Å². The number of benzene rings is 2. The molecule has 0 unspecified atom stereocenters. The minimum Gasteiger partial charge on any atom is -0.494 e. The third-order valence-corrected chi connectivity index (χ3v) is 9.77. The van der Waals surface area contributed by atoms with E-state index in [2.05, 4.69) is 60.2 Å². The molecular formula is C30H33BrN6O3. The summed E-state index contributed by atoms with van der Waals surface area (Å²) < 4.78 is 12.6. The van der Waals surface area contributed by atoms with Crippen LogP contribution in [0.2, 0.25) is 0 Å². The van der Waals surface area contributed by atoms with Crippen molar-refractivity contribution in [1.29, 1.82) is 0 Å². The van der Waals surface area contributed by atoms with Gasteiger partial charge in [-0.3, -0.25) is 4.79 Å². The van der Waals surface area contributed by atoms with Crippen LogP contribution in [0.3, 0.4) is 0 Å². The molecule has 4 aliphatic rings. The molecule has 1 saturated carbocycles. The van der Waals surface area contributed by atoms with E-state index in [1.165, 1.54) is 25.9 Å². The molecule has 2 aromatic carbocycles. The lowest BCUT2D eigenvalue weighted by molar-refractivity contribution is 0.0753. The topological polar surface area (TPSA) is 83.1 Å². The fraction of sp³-hybridized carbons (Fsp3) is 0.433. The number of ether oxygens (including phenoxy) is 2. The van der Waals surface area contributed by atoms with Crippen LogP contribution in [0.4, 0.5) is 17.3 Å². The number of piperidine rings is 1. The van der Waals surface area contributed by atoms with Crippen molar-refractivity contribution in [2.75, 3.05) is 57.6 Å². The Morgan fingerprint density at radius 1 is 1.02 bits per heavy atom. The van der Waals surface area contributed by atoms with E-state index in [4.69, 9.17) is 9.47 Å². The smallest absolute Gasteiger partial charge is 0.258 e. The van der Waals surface area contributed by atoms with Crippen LogP contribution in [0, 0.1) is 5.41 Å². The van der Waals surface area contributed by atoms with E-state index in [9.17, 15) is 4.79 Å². The lowest BCUT2D eigenvalue weighted by atomic mass is 9.72. The number of nitrogens with zero attached hydrogens (tertiary/aromatic N) is 5. The molecule has 9 nitrogen and oxygen atoms in total. The lowest BCUT2D eigenvalue weighted by Gasteiger charge is -2.54. The molecule has 208 valence electrons. The number of anilines is 3. The maximum Gasteiger partial charge on any atom is 0.258 e. The Balaban J connectivity index is 1.09. The van der Waals surface area contributed by atoms with Crippen LogP contribution in [0.15, 0.2) is 47.1 Å². The van der Waals surface area contributed by atoms with Crippen LogP contribution in [-0.4, -0.2) is 73.1 Å². The molecule has 2 spiro atoms. The first-order chi connectivity index (χ1) is 19.3. The molecule has 3 aliphatic heterocycles. The molecular weight excluding hydrogens is 572 g/mol. The minimum atomic E-state index is -0.173. The number of rotatable bonds is 6. The molecule has 2 saturated heterocycles. The van der Waals surface area contributed by atoms with Gasteiger partial charge in [0.1, 0.15) is 11.5 Å². The van der Waals surface area contributed by atoms with Gasteiger partial charge in [-0.15, -0.1) is 0 Å². The largest absolute Gasteiger partial charge is 0.494 e. The number of methoxy groups -OCH3 is 1. The number of fused-ring (bicyclic) bond motifs is 2. The molecule has 1 aromatic heterocycles. The zero-order valence-corrected chi connectivity index (χ0v) is 24.6. The summed E-state index contributed by atoms with van der Waals surface area (Å²) in [6, 6.07) is 12.0. The van der Waals surface area contributed by atoms with Crippen molar-refractivity contribution in [2.45, 2.75) is 31.2 Å². The van der Waals surface area contributed by atoms with Gasteiger partial charge in [0.25, 0.3) is 5.91 Å². The number of aromatic nitrogens is 2. The van der Waals surface area contributed by atoms with Crippen molar-refractivity contribution in [3.05, 3.63) is 58.2 Å². The Bertz CT molecular complexity index is 1490. The van der Waals surface area contributed by atoms with E-state index in [1.54, 1.807) is 13.3 Å². The molecule has 3 aromatic rings. The highest BCUT2D eigenvalue weighted by molar-refractivity contribution is 9.10. The second kappa shape index (κ2) is 9.34. The zero-order chi connectivity index (χ0) is 27.6. The maximum atomic E-state index is 13.1. The van der Waals surface area contributed by atoms with E-state index in [-0.39, 0.29) is 11.4 Å². The summed E-state index contributed by atoms with van der Waals surface area (Å²) in [5.74, 6) is 1.91. The first-order valence-electron chi connectivity index (χ1n) is 13.8. The van der Waals surface area contributed by atoms with Gasteiger partial charge < -0.3 is 29.5 Å². The highest BCUT2D eigenvalue weighted by atomic mass is 79.9. The Morgan fingerprint density at radius 3 is 2.52 bits per heavy atom. The highest BCUT2D eigenvalue weighted by Gasteiger charge is 2.57. The first-order valence-corrected chi connectivity index (χ1v) is 14.6. The van der Waals surface area contributed by atoms with Crippen molar-refractivity contribution in [1.82, 2.24) is 19.8 Å². The third kappa shape index (κ3) is 4.11. The van der Waals surface area contributed by atoms with E-state index in [1.807, 2.05) is 36.2 Å². The molecule has 1 amide bonds. The fourth-order valence-corrected chi connectivity index (χ4v) is 6.81. The van der Waals surface area contributed by atoms with Crippen molar-refractivity contribution in [3.8, 4) is 17.4 Å². The number of carbonyl (C=O) groups is 1. The van der Waals surface area contributed by atoms with Crippen molar-refractivity contribution in [2.24, 2.45) is 5.41 Å². The van der Waals surface area contributed by atoms with Crippen molar-refractivity contribution < 1.29 is 14.3 Å². The first kappa shape index (κ1) is 25.6. The van der Waals surface area contributed by atoms with Crippen LogP contribution in [0.5, 0.6) is 17.4 Å². The average Bonchev–Trinajstić information content (AvgIpc) is 3.72. The molecule has 40 heavy (non-hydrogen) atoms. The number of carbonyl (C=O) groups excluding carboxylic acids is 1. The SMILES string of the molecule is COc1cc(N2CC3(CCN(C)CC3)C2)ccc1Nc1ncc(Br)c(Oc2cccc3c2C(=O)N(C)C32CC2)n1. The number of hydrogen-bond donors (Lipinski definition) is 1. The monoisotopic (exact) mass is 604 g/mol. The van der Waals surface area contributed by atoms with Crippen LogP contribution in [0.1, 0.15) is 41.6 Å². The zero-order valence-electron chi connectivity index (χ0n) is 23.0. The van der Waals surface area contributed by atoms with Gasteiger partial charge in [-0.1, -0.05) is 12.1 Å². The summed E-state index contributed by atoms with van der Waals surface area (Å²) in [6.45, 7) is 4.55. The number of amides is 1. The summed E-state index contributed by atoms with van der Waals surface area (Å²) in [5.41, 5.74) is 3.86. The Morgan fingerprint density at radius 2 is 1.80 bits per heavy atom. The highest BCUT2D eigenvalue weighted by Crippen LogP contribution is 2.57. The number of likely N-dealkylation sites (tertiary alicyclic amines) is 1. The van der Waals surface area contributed by atoms with E-state index >= 15 is 0 Å². The van der Waals surface area contributed by atoms with Gasteiger partial charge in [-0.2, -0.15) is 4.98 Å². The lowest BCUT2D eigenvalue weighted by Crippen LogP contribution is -2.60. The van der Waals surface area contributed by atoms with Gasteiger partial charge in [0.05, 0.1) is 34.6 Å². The summed E-state index contributed by atoms with van der Waals surface area (Å²) in [4.78, 5) is 28.9. The molecule has 0 radical (unpaired) electrons. The second-order valence-electron chi connectivity index (χ2n) is 11.7. The van der Waals surface area contributed by atoms with Gasteiger partial charge in [-0.25, -0.2) is 4.98 Å². The van der Waals surface area contributed by atoms with Crippen LogP contribution in [0.25, 0.3) is 0 Å². The molecule has 10 heteroatoms. The van der Waals surface area contributed by atoms with Gasteiger partial charge >= 0.3 is 0 Å². The molecule has 3 fully saturated rings. The third-order valence-electron chi connectivity index (χ3n) is 9.23.